The van der Waals surface area contributed by atoms with E-state index in [1.165, 1.54) is 0 Å². The number of para-hydroxylation sites is 1. The third-order valence-corrected chi connectivity index (χ3v) is 3.55. The standard InChI is InChI=1S/C17H18O2/c18-16(14-10-11-14)12-19-17-9-5-4-8-15(17)13-6-2-1-3-7-13/h1-9,14,16,18H,10-12H2. The summed E-state index contributed by atoms with van der Waals surface area (Å²) in [6.07, 6.45) is 1.93. The van der Waals surface area contributed by atoms with Crippen LogP contribution in [-0.4, -0.2) is 17.8 Å². The number of ether oxygens (including phenoxy) is 1. The highest BCUT2D eigenvalue weighted by Crippen LogP contribution is 2.34. The first-order valence-corrected chi connectivity index (χ1v) is 6.80. The summed E-state index contributed by atoms with van der Waals surface area (Å²) in [4.78, 5) is 0. The molecule has 1 aliphatic carbocycles. The molecule has 0 radical (unpaired) electrons. The molecule has 19 heavy (non-hydrogen) atoms. The second kappa shape index (κ2) is 5.45. The lowest BCUT2D eigenvalue weighted by molar-refractivity contribution is 0.0897. The molecule has 2 aromatic carbocycles. The largest absolute Gasteiger partial charge is 0.490 e. The lowest BCUT2D eigenvalue weighted by Crippen LogP contribution is -2.19. The molecule has 1 unspecified atom stereocenters. The monoisotopic (exact) mass is 254 g/mol. The molecule has 2 heteroatoms. The van der Waals surface area contributed by atoms with Crippen molar-refractivity contribution >= 4 is 0 Å². The fourth-order valence-electron chi connectivity index (χ4n) is 2.24. The van der Waals surface area contributed by atoms with E-state index in [2.05, 4.69) is 12.1 Å². The Labute approximate surface area is 113 Å². The van der Waals surface area contributed by atoms with Crippen molar-refractivity contribution in [3.05, 3.63) is 54.6 Å². The fourth-order valence-corrected chi connectivity index (χ4v) is 2.24. The predicted octanol–water partition coefficient (Wildman–Crippen LogP) is 3.50. The van der Waals surface area contributed by atoms with Crippen LogP contribution < -0.4 is 4.74 Å². The quantitative estimate of drug-likeness (QED) is 0.884. The maximum atomic E-state index is 9.89. The van der Waals surface area contributed by atoms with Crippen LogP contribution in [0.1, 0.15) is 12.8 Å². The molecular formula is C17H18O2. The Morgan fingerprint density at radius 3 is 2.42 bits per heavy atom. The third-order valence-electron chi connectivity index (χ3n) is 3.55. The zero-order valence-electron chi connectivity index (χ0n) is 10.8. The van der Waals surface area contributed by atoms with E-state index in [1.54, 1.807) is 0 Å². The lowest BCUT2D eigenvalue weighted by atomic mass is 10.0. The van der Waals surface area contributed by atoms with E-state index in [1.807, 2.05) is 42.5 Å². The van der Waals surface area contributed by atoms with Crippen LogP contribution in [0.25, 0.3) is 11.1 Å². The number of benzene rings is 2. The summed E-state index contributed by atoms with van der Waals surface area (Å²) in [6.45, 7) is 0.383. The van der Waals surface area contributed by atoms with E-state index < -0.39 is 0 Å². The molecule has 98 valence electrons. The number of aliphatic hydroxyl groups excluding tert-OH is 1. The van der Waals surface area contributed by atoms with Crippen molar-refractivity contribution < 1.29 is 9.84 Å². The molecule has 3 rings (SSSR count). The average Bonchev–Trinajstić information content (AvgIpc) is 3.31. The molecule has 0 heterocycles. The second-order valence-corrected chi connectivity index (χ2v) is 5.08. The summed E-state index contributed by atoms with van der Waals surface area (Å²) in [7, 11) is 0. The Kier molecular flexibility index (Phi) is 3.51. The number of hydrogen-bond acceptors (Lipinski definition) is 2. The fraction of sp³-hybridized carbons (Fsp3) is 0.294. The first kappa shape index (κ1) is 12.2. The van der Waals surface area contributed by atoms with Crippen molar-refractivity contribution in [3.63, 3.8) is 0 Å². The molecule has 1 N–H and O–H groups in total. The van der Waals surface area contributed by atoms with Gasteiger partial charge < -0.3 is 9.84 Å². The van der Waals surface area contributed by atoms with Gasteiger partial charge in [0.2, 0.25) is 0 Å². The van der Waals surface area contributed by atoms with Crippen LogP contribution >= 0.6 is 0 Å². The van der Waals surface area contributed by atoms with Gasteiger partial charge in [0.15, 0.2) is 0 Å². The SMILES string of the molecule is OC(COc1ccccc1-c1ccccc1)C1CC1. The molecule has 0 saturated heterocycles. The minimum atomic E-state index is -0.330. The van der Waals surface area contributed by atoms with Gasteiger partial charge in [-0.25, -0.2) is 0 Å². The molecule has 1 saturated carbocycles. The van der Waals surface area contributed by atoms with E-state index in [-0.39, 0.29) is 6.10 Å². The van der Waals surface area contributed by atoms with Crippen molar-refractivity contribution in [1.82, 2.24) is 0 Å². The first-order valence-electron chi connectivity index (χ1n) is 6.80. The predicted molar refractivity (Wildman–Crippen MR) is 76.1 cm³/mol. The molecule has 1 aliphatic rings. The van der Waals surface area contributed by atoms with Crippen molar-refractivity contribution in [2.45, 2.75) is 18.9 Å². The maximum absolute atomic E-state index is 9.89. The summed E-state index contributed by atoms with van der Waals surface area (Å²) < 4.78 is 5.80. The second-order valence-electron chi connectivity index (χ2n) is 5.08. The van der Waals surface area contributed by atoms with Gasteiger partial charge in [0, 0.05) is 5.56 Å². The summed E-state index contributed by atoms with van der Waals surface area (Å²) in [5.74, 6) is 1.29. The van der Waals surface area contributed by atoms with Crippen molar-refractivity contribution in [3.8, 4) is 16.9 Å². The van der Waals surface area contributed by atoms with Crippen LogP contribution in [-0.2, 0) is 0 Å². The zero-order valence-corrected chi connectivity index (χ0v) is 10.8. The van der Waals surface area contributed by atoms with Crippen molar-refractivity contribution in [2.75, 3.05) is 6.61 Å². The zero-order chi connectivity index (χ0) is 13.1. The van der Waals surface area contributed by atoms with Crippen LogP contribution in [0.5, 0.6) is 5.75 Å². The normalized spacial score (nSPS) is 16.1. The van der Waals surface area contributed by atoms with E-state index in [9.17, 15) is 5.11 Å². The Hall–Kier alpha value is -1.80. The highest BCUT2D eigenvalue weighted by molar-refractivity contribution is 5.70. The van der Waals surface area contributed by atoms with Gasteiger partial charge in [0.25, 0.3) is 0 Å². The van der Waals surface area contributed by atoms with Gasteiger partial charge in [0.05, 0.1) is 6.10 Å². The first-order chi connectivity index (χ1) is 9.34. The molecule has 1 atom stereocenters. The number of rotatable bonds is 5. The van der Waals surface area contributed by atoms with Gasteiger partial charge in [-0.3, -0.25) is 0 Å². The molecule has 2 aromatic rings. The van der Waals surface area contributed by atoms with Crippen LogP contribution in [0.3, 0.4) is 0 Å². The molecule has 0 amide bonds. The maximum Gasteiger partial charge on any atom is 0.127 e. The molecule has 0 aromatic heterocycles. The van der Waals surface area contributed by atoms with Gasteiger partial charge in [-0.2, -0.15) is 0 Å². The van der Waals surface area contributed by atoms with E-state index in [4.69, 9.17) is 4.74 Å². The highest BCUT2D eigenvalue weighted by atomic mass is 16.5. The molecule has 1 fully saturated rings. The highest BCUT2D eigenvalue weighted by Gasteiger charge is 2.30. The topological polar surface area (TPSA) is 29.5 Å². The van der Waals surface area contributed by atoms with Gasteiger partial charge >= 0.3 is 0 Å². The van der Waals surface area contributed by atoms with Gasteiger partial charge in [-0.1, -0.05) is 48.5 Å². The van der Waals surface area contributed by atoms with Crippen LogP contribution in [0, 0.1) is 5.92 Å². The minimum Gasteiger partial charge on any atom is -0.490 e. The van der Waals surface area contributed by atoms with Gasteiger partial charge in [-0.05, 0) is 30.4 Å². The summed E-state index contributed by atoms with van der Waals surface area (Å²) >= 11 is 0. The van der Waals surface area contributed by atoms with Gasteiger partial charge in [-0.15, -0.1) is 0 Å². The van der Waals surface area contributed by atoms with Crippen LogP contribution in [0.2, 0.25) is 0 Å². The van der Waals surface area contributed by atoms with E-state index >= 15 is 0 Å². The summed E-state index contributed by atoms with van der Waals surface area (Å²) in [5.41, 5.74) is 2.21. The Bertz CT molecular complexity index is 532. The van der Waals surface area contributed by atoms with Crippen molar-refractivity contribution in [2.24, 2.45) is 5.92 Å². The number of hydrogen-bond donors (Lipinski definition) is 1. The lowest BCUT2D eigenvalue weighted by Gasteiger charge is -2.14. The Morgan fingerprint density at radius 1 is 1.00 bits per heavy atom. The smallest absolute Gasteiger partial charge is 0.127 e. The third kappa shape index (κ3) is 2.96. The molecule has 2 nitrogen and oxygen atoms in total. The van der Waals surface area contributed by atoms with Crippen LogP contribution in [0.4, 0.5) is 0 Å². The summed E-state index contributed by atoms with van der Waals surface area (Å²) in [6, 6.07) is 18.2. The van der Waals surface area contributed by atoms with Crippen LogP contribution in [0.15, 0.2) is 54.6 Å². The minimum absolute atomic E-state index is 0.330. The van der Waals surface area contributed by atoms with Gasteiger partial charge in [0.1, 0.15) is 12.4 Å². The molecule has 0 spiro atoms. The van der Waals surface area contributed by atoms with E-state index in [0.717, 1.165) is 29.7 Å². The van der Waals surface area contributed by atoms with E-state index in [0.29, 0.717) is 12.5 Å². The summed E-state index contributed by atoms with van der Waals surface area (Å²) in [5, 5.41) is 9.89. The molecular weight excluding hydrogens is 236 g/mol. The molecule has 0 aliphatic heterocycles. The Balaban J connectivity index is 1.77. The Morgan fingerprint density at radius 2 is 1.68 bits per heavy atom. The number of aliphatic hydroxyl groups is 1. The van der Waals surface area contributed by atoms with Crippen molar-refractivity contribution in [1.29, 1.82) is 0 Å². The average molecular weight is 254 g/mol. The molecule has 0 bridgehead atoms.